The third kappa shape index (κ3) is 62.4. The lowest BCUT2D eigenvalue weighted by atomic mass is 10.0. The molecule has 24 nitrogen and oxygen atoms in total. The maximum atomic E-state index is 13.2. The number of primary amides is 1. The first kappa shape index (κ1) is 97.0. The number of nitrogens with two attached hydrogens (primary N) is 7. The lowest BCUT2D eigenvalue weighted by molar-refractivity contribution is -0.129. The standard InChI is InChI=1S/C78H155N15O9/c79-56-38-33-47-65(84)75(99)86-61-43-25-17-9-1-6-14-22-30-53-71(95)91-67(49-35-40-58-81)77(101)88-63-45-27-19-11-3-8-16-24-32-55-73(97)93-69(51-37-42-60-83)78(102)89-64-46-28-20-12-4-7-15-23-31-54-72(96)92-68(50-36-41-59-82)76(100)87-62-44-26-18-10-2-5-13-21-29-52-70(94)90-66(74(85)98)48-34-39-57-80/h65-69H,1-64,79-84H2,(H2,85,98)(H,86,99)(H,87,100)(H,88,101)(H,89,102)(H,90,94)(H,91,95)(H,92,96)(H,93,97)/t65-,66-,67-,68-,69-/m0/s1. The van der Waals surface area contributed by atoms with Gasteiger partial charge in [-0.25, -0.2) is 0 Å². The number of carbonyl (C=O) groups excluding carboxylic acids is 9. The molecule has 0 aromatic carbocycles. The normalized spacial score (nSPS) is 12.8. The van der Waals surface area contributed by atoms with Gasteiger partial charge in [-0.2, -0.15) is 0 Å². The lowest BCUT2D eigenvalue weighted by Crippen LogP contribution is -2.47. The minimum Gasteiger partial charge on any atom is -0.368 e. The molecule has 0 unspecified atom stereocenters. The first-order chi connectivity index (χ1) is 49.6. The lowest BCUT2D eigenvalue weighted by Gasteiger charge is -2.18. The predicted octanol–water partition coefficient (Wildman–Crippen LogP) is 9.45. The van der Waals surface area contributed by atoms with Crippen molar-refractivity contribution in [2.45, 2.75) is 383 Å². The molecule has 0 aromatic heterocycles. The third-order valence-corrected chi connectivity index (χ3v) is 19.2. The van der Waals surface area contributed by atoms with Crippen LogP contribution in [0, 0.1) is 0 Å². The van der Waals surface area contributed by atoms with Gasteiger partial charge in [0.05, 0.1) is 6.04 Å². The van der Waals surface area contributed by atoms with Gasteiger partial charge in [-0.05, 0) is 174 Å². The minimum atomic E-state index is -0.627. The van der Waals surface area contributed by atoms with E-state index in [1.165, 1.54) is 12.8 Å². The van der Waals surface area contributed by atoms with Gasteiger partial charge in [0.25, 0.3) is 0 Å². The first-order valence-corrected chi connectivity index (χ1v) is 41.5. The van der Waals surface area contributed by atoms with Crippen LogP contribution in [-0.4, -0.2) is 142 Å². The second-order valence-corrected chi connectivity index (χ2v) is 28.8. The van der Waals surface area contributed by atoms with Crippen molar-refractivity contribution in [2.75, 3.05) is 58.9 Å². The molecule has 0 aromatic rings. The molecule has 0 saturated carbocycles. The van der Waals surface area contributed by atoms with Crippen LogP contribution in [0.2, 0.25) is 0 Å². The van der Waals surface area contributed by atoms with E-state index in [1.807, 2.05) is 0 Å². The molecule has 0 saturated heterocycles. The zero-order chi connectivity index (χ0) is 75.0. The summed E-state index contributed by atoms with van der Waals surface area (Å²) in [5.41, 5.74) is 39.7. The van der Waals surface area contributed by atoms with Crippen LogP contribution in [0.3, 0.4) is 0 Å². The fraction of sp³-hybridized carbons (Fsp3) is 0.885. The van der Waals surface area contributed by atoms with Gasteiger partial charge < -0.3 is 82.7 Å². The number of rotatable bonds is 77. The number of hydrogen-bond acceptors (Lipinski definition) is 15. The molecule has 0 rings (SSSR count). The van der Waals surface area contributed by atoms with Crippen LogP contribution < -0.4 is 82.7 Å². The van der Waals surface area contributed by atoms with E-state index in [9.17, 15) is 43.2 Å². The van der Waals surface area contributed by atoms with Gasteiger partial charge in [-0.1, -0.05) is 186 Å². The highest BCUT2D eigenvalue weighted by atomic mass is 16.2. The predicted molar refractivity (Wildman–Crippen MR) is 416 cm³/mol. The number of nitrogens with one attached hydrogen (secondary N) is 8. The Morgan fingerprint density at radius 3 is 0.627 bits per heavy atom. The molecule has 0 aliphatic carbocycles. The fourth-order valence-corrected chi connectivity index (χ4v) is 12.7. The van der Waals surface area contributed by atoms with E-state index in [-0.39, 0.29) is 47.3 Å². The molecule has 24 heteroatoms. The van der Waals surface area contributed by atoms with E-state index in [4.69, 9.17) is 40.1 Å². The summed E-state index contributed by atoms with van der Waals surface area (Å²) >= 11 is 0. The molecule has 102 heavy (non-hydrogen) atoms. The summed E-state index contributed by atoms with van der Waals surface area (Å²) in [6, 6.07) is -2.72. The first-order valence-electron chi connectivity index (χ1n) is 41.5. The van der Waals surface area contributed by atoms with Crippen molar-refractivity contribution in [3.8, 4) is 0 Å². The smallest absolute Gasteiger partial charge is 0.242 e. The van der Waals surface area contributed by atoms with Crippen molar-refractivity contribution >= 4 is 53.2 Å². The topological polar surface area (TPSA) is 432 Å². The number of carbonyl (C=O) groups is 9. The average molecular weight is 1450 g/mol. The molecule has 0 spiro atoms. The van der Waals surface area contributed by atoms with Crippen LogP contribution in [0.15, 0.2) is 0 Å². The summed E-state index contributed by atoms with van der Waals surface area (Å²) in [5.74, 6) is -1.30. The highest BCUT2D eigenvalue weighted by molar-refractivity contribution is 5.89. The maximum Gasteiger partial charge on any atom is 0.242 e. The molecule has 9 amide bonds. The Hall–Kier alpha value is -5.01. The molecule has 0 bridgehead atoms. The summed E-state index contributed by atoms with van der Waals surface area (Å²) in [5, 5.41) is 23.9. The van der Waals surface area contributed by atoms with Crippen LogP contribution in [0.4, 0.5) is 0 Å². The Morgan fingerprint density at radius 1 is 0.216 bits per heavy atom. The highest BCUT2D eigenvalue weighted by Gasteiger charge is 2.24. The van der Waals surface area contributed by atoms with Gasteiger partial charge in [-0.15, -0.1) is 0 Å². The van der Waals surface area contributed by atoms with Crippen LogP contribution in [0.5, 0.6) is 0 Å². The zero-order valence-electron chi connectivity index (χ0n) is 64.4. The van der Waals surface area contributed by atoms with Crippen molar-refractivity contribution in [3.63, 3.8) is 0 Å². The van der Waals surface area contributed by atoms with Crippen LogP contribution in [0.25, 0.3) is 0 Å². The number of unbranched alkanes of at least 4 members (excludes halogenated alkanes) is 37. The summed E-state index contributed by atoms with van der Waals surface area (Å²) in [4.78, 5) is 114. The Balaban J connectivity index is 4.19. The van der Waals surface area contributed by atoms with E-state index in [0.29, 0.717) is 117 Å². The second kappa shape index (κ2) is 72.9. The van der Waals surface area contributed by atoms with Crippen molar-refractivity contribution < 1.29 is 43.2 Å². The van der Waals surface area contributed by atoms with E-state index >= 15 is 0 Å². The molecule has 596 valence electrons. The molecule has 0 aliphatic rings. The van der Waals surface area contributed by atoms with E-state index < -0.39 is 36.1 Å². The molecule has 5 atom stereocenters. The Bertz CT molecular complexity index is 2080. The van der Waals surface area contributed by atoms with E-state index in [2.05, 4.69) is 42.5 Å². The van der Waals surface area contributed by atoms with Gasteiger partial charge in [0.2, 0.25) is 53.2 Å². The summed E-state index contributed by atoms with van der Waals surface area (Å²) in [7, 11) is 0. The number of amides is 9. The van der Waals surface area contributed by atoms with Crippen LogP contribution in [0.1, 0.15) is 353 Å². The van der Waals surface area contributed by atoms with Gasteiger partial charge in [-0.3, -0.25) is 43.2 Å². The molecule has 0 heterocycles. The second-order valence-electron chi connectivity index (χ2n) is 28.8. The largest absolute Gasteiger partial charge is 0.368 e. The molecular weight excluding hydrogens is 1290 g/mol. The molecular formula is C78H155N15O9. The van der Waals surface area contributed by atoms with E-state index in [0.717, 1.165) is 283 Å². The summed E-state index contributed by atoms with van der Waals surface area (Å²) in [6.07, 6.45) is 49.6. The van der Waals surface area contributed by atoms with Crippen molar-refractivity contribution in [1.29, 1.82) is 0 Å². The maximum absolute atomic E-state index is 13.2. The minimum absolute atomic E-state index is 0.0688. The summed E-state index contributed by atoms with van der Waals surface area (Å²) < 4.78 is 0. The third-order valence-electron chi connectivity index (χ3n) is 19.2. The molecule has 22 N–H and O–H groups in total. The van der Waals surface area contributed by atoms with Gasteiger partial charge >= 0.3 is 0 Å². The quantitative estimate of drug-likeness (QED) is 0.0252. The Morgan fingerprint density at radius 2 is 0.402 bits per heavy atom. The van der Waals surface area contributed by atoms with E-state index in [1.54, 1.807) is 0 Å². The van der Waals surface area contributed by atoms with Crippen LogP contribution >= 0.6 is 0 Å². The van der Waals surface area contributed by atoms with Crippen molar-refractivity contribution in [2.24, 2.45) is 40.1 Å². The van der Waals surface area contributed by atoms with Crippen LogP contribution in [-0.2, 0) is 43.2 Å². The summed E-state index contributed by atoms with van der Waals surface area (Å²) in [6.45, 7) is 5.23. The molecule has 0 radical (unpaired) electrons. The highest BCUT2D eigenvalue weighted by Crippen LogP contribution is 2.17. The fourth-order valence-electron chi connectivity index (χ4n) is 12.7. The zero-order valence-corrected chi connectivity index (χ0v) is 64.4. The Kier molecular flexibility index (Phi) is 69.3. The SMILES string of the molecule is NCCCC[C@H](NC(=O)CCCCCCCCCCCNC(=O)[C@H](CCCCN)NC(=O)CCCCCCCCCCCNC(=O)[C@H](CCCCN)NC(=O)CCCCCCCCCCCNC(=O)[C@H](CCCCN)NC(=O)CCCCCCCCCCCNC(=O)[C@@H](N)CCCCN)C(N)=O. The Labute approximate surface area is 618 Å². The van der Waals surface area contributed by atoms with Gasteiger partial charge in [0.1, 0.15) is 24.2 Å². The average Bonchev–Trinajstić information content (AvgIpc) is 1.03. The molecule has 0 aliphatic heterocycles. The van der Waals surface area contributed by atoms with Crippen molar-refractivity contribution in [1.82, 2.24) is 42.5 Å². The molecule has 0 fully saturated rings. The monoisotopic (exact) mass is 1450 g/mol. The number of hydrogen-bond donors (Lipinski definition) is 15. The van der Waals surface area contributed by atoms with Gasteiger partial charge in [0.15, 0.2) is 0 Å². The van der Waals surface area contributed by atoms with Crippen molar-refractivity contribution in [3.05, 3.63) is 0 Å². The van der Waals surface area contributed by atoms with Gasteiger partial charge in [0, 0.05) is 51.9 Å².